The van der Waals surface area contributed by atoms with Crippen LogP contribution in [0.5, 0.6) is 0 Å². The maximum atomic E-state index is 13.4. The van der Waals surface area contributed by atoms with Gasteiger partial charge in [-0.2, -0.15) is 13.1 Å². The Morgan fingerprint density at radius 3 is 2.04 bits per heavy atom. The molecule has 12 heteroatoms. The van der Waals surface area contributed by atoms with Crippen molar-refractivity contribution >= 4 is 37.7 Å². The van der Waals surface area contributed by atoms with Gasteiger partial charge in [0.1, 0.15) is 12.6 Å². The van der Waals surface area contributed by atoms with Gasteiger partial charge >= 0.3 is 10.2 Å². The lowest BCUT2D eigenvalue weighted by Crippen LogP contribution is -2.48. The number of carbonyl (C=O) groups is 2. The van der Waals surface area contributed by atoms with Gasteiger partial charge in [0.05, 0.1) is 10.6 Å². The van der Waals surface area contributed by atoms with E-state index < -0.39 is 38.1 Å². The van der Waals surface area contributed by atoms with Gasteiger partial charge in [-0.15, -0.1) is 0 Å². The SMILES string of the molecule is O=C1CN(c2ccc(C[C@H](NS(=O)(=O)c3ccc(-c4ccccc4)cc3)C(=O)NCCCCc3ccccc3)cc2)S(=O)(=O)N1. The van der Waals surface area contributed by atoms with Crippen LogP contribution in [0.25, 0.3) is 11.1 Å². The fraction of sp³-hybridized carbons (Fsp3) is 0.212. The van der Waals surface area contributed by atoms with Crippen molar-refractivity contribution in [3.63, 3.8) is 0 Å². The molecular weight excluding hydrogens is 613 g/mol. The fourth-order valence-electron chi connectivity index (χ4n) is 5.04. The molecule has 234 valence electrons. The molecule has 1 atom stereocenters. The molecule has 0 aromatic heterocycles. The van der Waals surface area contributed by atoms with E-state index in [2.05, 4.69) is 22.2 Å². The summed E-state index contributed by atoms with van der Waals surface area (Å²) in [5.74, 6) is -1.11. The summed E-state index contributed by atoms with van der Waals surface area (Å²) >= 11 is 0. The summed E-state index contributed by atoms with van der Waals surface area (Å²) < 4.78 is 56.8. The molecule has 0 bridgehead atoms. The zero-order chi connectivity index (χ0) is 31.9. The summed E-state index contributed by atoms with van der Waals surface area (Å²) in [5.41, 5.74) is 3.88. The molecule has 4 aromatic carbocycles. The maximum Gasteiger partial charge on any atom is 0.326 e. The number of amides is 2. The molecule has 45 heavy (non-hydrogen) atoms. The average molecular weight is 647 g/mol. The summed E-state index contributed by atoms with van der Waals surface area (Å²) in [6.07, 6.45) is 2.45. The summed E-state index contributed by atoms with van der Waals surface area (Å²) in [6.45, 7) is 0.0439. The van der Waals surface area contributed by atoms with Crippen molar-refractivity contribution < 1.29 is 26.4 Å². The highest BCUT2D eigenvalue weighted by atomic mass is 32.2. The number of rotatable bonds is 13. The number of aryl methyl sites for hydroxylation is 1. The number of anilines is 1. The monoisotopic (exact) mass is 646 g/mol. The zero-order valence-corrected chi connectivity index (χ0v) is 26.1. The molecule has 2 amide bonds. The zero-order valence-electron chi connectivity index (χ0n) is 24.4. The predicted octanol–water partition coefficient (Wildman–Crippen LogP) is 3.56. The van der Waals surface area contributed by atoms with Gasteiger partial charge in [0.2, 0.25) is 15.9 Å². The minimum atomic E-state index is -4.08. The molecule has 1 aliphatic rings. The van der Waals surface area contributed by atoms with Crippen LogP contribution >= 0.6 is 0 Å². The molecule has 3 N–H and O–H groups in total. The van der Waals surface area contributed by atoms with E-state index in [0.29, 0.717) is 18.5 Å². The lowest BCUT2D eigenvalue weighted by atomic mass is 10.1. The van der Waals surface area contributed by atoms with Crippen molar-refractivity contribution in [1.29, 1.82) is 0 Å². The number of unbranched alkanes of at least 4 members (excludes halogenated alkanes) is 1. The fourth-order valence-corrected chi connectivity index (χ4v) is 7.39. The summed E-state index contributed by atoms with van der Waals surface area (Å²) in [7, 11) is -8.05. The van der Waals surface area contributed by atoms with Crippen LogP contribution in [0.15, 0.2) is 114 Å². The van der Waals surface area contributed by atoms with Crippen molar-refractivity contribution in [1.82, 2.24) is 14.8 Å². The van der Waals surface area contributed by atoms with Gasteiger partial charge in [0.15, 0.2) is 0 Å². The third-order valence-electron chi connectivity index (χ3n) is 7.40. The molecule has 1 fully saturated rings. The van der Waals surface area contributed by atoms with Crippen molar-refractivity contribution in [2.45, 2.75) is 36.6 Å². The van der Waals surface area contributed by atoms with E-state index in [-0.39, 0.29) is 23.5 Å². The Kier molecular flexibility index (Phi) is 9.96. The van der Waals surface area contributed by atoms with Crippen LogP contribution in [0.3, 0.4) is 0 Å². The highest BCUT2D eigenvalue weighted by molar-refractivity contribution is 7.92. The molecule has 1 heterocycles. The molecule has 1 saturated heterocycles. The number of benzene rings is 4. The second-order valence-corrected chi connectivity index (χ2v) is 14.0. The normalized spacial score (nSPS) is 14.9. The number of nitrogens with zero attached hydrogens (tertiary/aromatic N) is 1. The molecule has 4 aromatic rings. The molecule has 10 nitrogen and oxygen atoms in total. The van der Waals surface area contributed by atoms with E-state index in [1.807, 2.05) is 53.3 Å². The van der Waals surface area contributed by atoms with E-state index in [0.717, 1.165) is 28.3 Å². The standard InChI is InChI=1S/C33H34N4O6S2/c38-32-24-37(45(42,43)36-32)29-18-14-26(15-19-29)23-31(33(39)34-22-8-7-11-25-9-3-1-4-10-25)35-44(40,41)30-20-16-28(17-21-30)27-12-5-2-6-13-27/h1-6,9-10,12-21,31,35H,7-8,11,22-24H2,(H,34,39)(H,36,38)/t31-/m0/s1. The molecule has 0 unspecified atom stereocenters. The molecule has 0 aliphatic carbocycles. The Morgan fingerprint density at radius 2 is 1.42 bits per heavy atom. The summed E-state index contributed by atoms with van der Waals surface area (Å²) in [4.78, 5) is 25.0. The van der Waals surface area contributed by atoms with Gasteiger partial charge in [-0.1, -0.05) is 84.9 Å². The topological polar surface area (TPSA) is 142 Å². The first-order chi connectivity index (χ1) is 21.6. The lowest BCUT2D eigenvalue weighted by Gasteiger charge is -2.20. The first-order valence-electron chi connectivity index (χ1n) is 14.5. The predicted molar refractivity (Wildman–Crippen MR) is 173 cm³/mol. The molecule has 0 spiro atoms. The van der Waals surface area contributed by atoms with Crippen LogP contribution in [-0.2, 0) is 42.7 Å². The highest BCUT2D eigenvalue weighted by Gasteiger charge is 2.34. The van der Waals surface area contributed by atoms with Crippen molar-refractivity contribution in [2.24, 2.45) is 0 Å². The van der Waals surface area contributed by atoms with Crippen LogP contribution in [0.2, 0.25) is 0 Å². The van der Waals surface area contributed by atoms with E-state index in [4.69, 9.17) is 0 Å². The van der Waals surface area contributed by atoms with Gasteiger partial charge in [-0.3, -0.25) is 9.59 Å². The van der Waals surface area contributed by atoms with Crippen molar-refractivity contribution in [3.05, 3.63) is 120 Å². The molecule has 0 radical (unpaired) electrons. The third kappa shape index (κ3) is 8.35. The van der Waals surface area contributed by atoms with Crippen LogP contribution in [0.4, 0.5) is 5.69 Å². The second kappa shape index (κ2) is 14.1. The van der Waals surface area contributed by atoms with Gasteiger partial charge in [0.25, 0.3) is 5.91 Å². The second-order valence-electron chi connectivity index (χ2n) is 10.7. The van der Waals surface area contributed by atoms with Gasteiger partial charge in [-0.05, 0) is 72.2 Å². The minimum absolute atomic E-state index is 0.0153. The Balaban J connectivity index is 1.29. The molecule has 1 aliphatic heterocycles. The van der Waals surface area contributed by atoms with Gasteiger partial charge in [0, 0.05) is 6.54 Å². The average Bonchev–Trinajstić information content (AvgIpc) is 3.33. The van der Waals surface area contributed by atoms with Gasteiger partial charge < -0.3 is 5.32 Å². The summed E-state index contributed by atoms with van der Waals surface area (Å²) in [5, 5.41) is 2.87. The Bertz CT molecular complexity index is 1830. The third-order valence-corrected chi connectivity index (χ3v) is 10.3. The van der Waals surface area contributed by atoms with E-state index in [1.165, 1.54) is 29.8 Å². The van der Waals surface area contributed by atoms with Crippen LogP contribution in [0, 0.1) is 0 Å². The van der Waals surface area contributed by atoms with Crippen molar-refractivity contribution in [2.75, 3.05) is 17.4 Å². The van der Waals surface area contributed by atoms with E-state index >= 15 is 0 Å². The Morgan fingerprint density at radius 1 is 0.800 bits per heavy atom. The number of hydrogen-bond donors (Lipinski definition) is 3. The number of sulfonamides is 1. The number of carbonyl (C=O) groups excluding carboxylic acids is 2. The summed E-state index contributed by atoms with van der Waals surface area (Å²) in [6, 6.07) is 31.2. The van der Waals surface area contributed by atoms with Crippen LogP contribution in [0.1, 0.15) is 24.0 Å². The minimum Gasteiger partial charge on any atom is -0.355 e. The largest absolute Gasteiger partial charge is 0.355 e. The first-order valence-corrected chi connectivity index (χ1v) is 17.4. The highest BCUT2D eigenvalue weighted by Crippen LogP contribution is 2.23. The quantitative estimate of drug-likeness (QED) is 0.190. The van der Waals surface area contributed by atoms with Crippen molar-refractivity contribution in [3.8, 4) is 11.1 Å². The smallest absolute Gasteiger partial charge is 0.326 e. The van der Waals surface area contributed by atoms with Gasteiger partial charge in [-0.25, -0.2) is 17.4 Å². The number of hydrogen-bond acceptors (Lipinski definition) is 6. The van der Waals surface area contributed by atoms with Crippen LogP contribution in [-0.4, -0.2) is 47.8 Å². The van der Waals surface area contributed by atoms with Crippen LogP contribution < -0.4 is 19.1 Å². The Hall–Kier alpha value is -4.52. The molecule has 0 saturated carbocycles. The Labute approximate surface area is 263 Å². The lowest BCUT2D eigenvalue weighted by molar-refractivity contribution is -0.122. The van der Waals surface area contributed by atoms with E-state index in [1.54, 1.807) is 24.3 Å². The number of nitrogens with one attached hydrogen (secondary N) is 3. The maximum absolute atomic E-state index is 13.4. The first kappa shape index (κ1) is 31.9. The molecule has 5 rings (SSSR count). The van der Waals surface area contributed by atoms with E-state index in [9.17, 15) is 26.4 Å². The molecular formula is C33H34N4O6S2.